The van der Waals surface area contributed by atoms with E-state index in [0.29, 0.717) is 12.1 Å². The minimum Gasteiger partial charge on any atom is -0.507 e. The average Bonchev–Trinajstić information content (AvgIpc) is 2.15. The molecule has 86 valence electrons. The lowest BCUT2D eigenvalue weighted by Crippen LogP contribution is -2.10. The third-order valence-electron chi connectivity index (χ3n) is 1.83. The van der Waals surface area contributed by atoms with Crippen molar-refractivity contribution in [3.05, 3.63) is 28.8 Å². The van der Waals surface area contributed by atoms with Crippen molar-refractivity contribution in [3.63, 3.8) is 0 Å². The summed E-state index contributed by atoms with van der Waals surface area (Å²) in [5.74, 6) is -5.49. The van der Waals surface area contributed by atoms with Gasteiger partial charge in [0.15, 0.2) is 0 Å². The van der Waals surface area contributed by atoms with Crippen LogP contribution in [0.3, 0.4) is 0 Å². The number of hydrogen-bond donors (Lipinski definition) is 4. The van der Waals surface area contributed by atoms with E-state index >= 15 is 0 Å². The van der Waals surface area contributed by atoms with Crippen LogP contribution < -0.4 is 0 Å². The molecule has 7 nitrogen and oxygen atoms in total. The van der Waals surface area contributed by atoms with E-state index in [2.05, 4.69) is 0 Å². The van der Waals surface area contributed by atoms with Gasteiger partial charge >= 0.3 is 17.9 Å². The van der Waals surface area contributed by atoms with Crippen molar-refractivity contribution in [1.82, 2.24) is 0 Å². The van der Waals surface area contributed by atoms with E-state index in [9.17, 15) is 19.5 Å². The van der Waals surface area contributed by atoms with E-state index in [1.54, 1.807) is 0 Å². The molecule has 0 fully saturated rings. The van der Waals surface area contributed by atoms with Crippen molar-refractivity contribution >= 4 is 41.0 Å². The molecule has 4 N–H and O–H groups in total. The van der Waals surface area contributed by atoms with Gasteiger partial charge in [-0.15, -0.1) is 0 Å². The summed E-state index contributed by atoms with van der Waals surface area (Å²) in [5.41, 5.74) is -2.03. The summed E-state index contributed by atoms with van der Waals surface area (Å²) >= 11 is 0. The van der Waals surface area contributed by atoms with Gasteiger partial charge in [0, 0.05) is 23.1 Å². The fraction of sp³-hybridized carbons (Fsp3) is 0. The first-order valence-corrected chi connectivity index (χ1v) is 3.91. The van der Waals surface area contributed by atoms with E-state index in [-0.39, 0.29) is 23.1 Å². The van der Waals surface area contributed by atoms with Gasteiger partial charge in [-0.1, -0.05) is 0 Å². The predicted octanol–water partition coefficient (Wildman–Crippen LogP) is 0.106. The molecule has 1 aromatic rings. The van der Waals surface area contributed by atoms with Crippen LogP contribution >= 0.6 is 0 Å². The van der Waals surface area contributed by atoms with E-state index < -0.39 is 40.3 Å². The molecule has 0 aliphatic heterocycles. The van der Waals surface area contributed by atoms with Gasteiger partial charge in [-0.2, -0.15) is 0 Å². The van der Waals surface area contributed by atoms with Crippen molar-refractivity contribution < 1.29 is 34.8 Å². The number of rotatable bonds is 3. The minimum absolute atomic E-state index is 0. The number of carboxylic acid groups (broad SMARTS) is 3. The molecule has 0 unspecified atom stereocenters. The van der Waals surface area contributed by atoms with Gasteiger partial charge in [0.2, 0.25) is 0 Å². The second-order valence-electron chi connectivity index (χ2n) is 2.83. The van der Waals surface area contributed by atoms with Gasteiger partial charge in [-0.05, 0) is 12.1 Å². The van der Waals surface area contributed by atoms with E-state index in [1.807, 2.05) is 0 Å². The second kappa shape index (κ2) is 5.50. The summed E-state index contributed by atoms with van der Waals surface area (Å²) in [7, 11) is 0. The van der Waals surface area contributed by atoms with Crippen molar-refractivity contribution in [2.45, 2.75) is 0 Å². The molecule has 0 atom stereocenters. The largest absolute Gasteiger partial charge is 0.507 e. The molecule has 2 radical (unpaired) electrons. The molecule has 8 heteroatoms. The minimum atomic E-state index is -1.58. The summed E-state index contributed by atoms with van der Waals surface area (Å²) in [6.07, 6.45) is 0. The molecule has 0 aliphatic carbocycles. The highest BCUT2D eigenvalue weighted by molar-refractivity contribution is 6.04. The molecule has 17 heavy (non-hydrogen) atoms. The first-order chi connectivity index (χ1) is 7.34. The zero-order chi connectivity index (χ0) is 12.5. The van der Waals surface area contributed by atoms with E-state index in [4.69, 9.17) is 15.3 Å². The van der Waals surface area contributed by atoms with Crippen LogP contribution in [-0.2, 0) is 0 Å². The number of hydrogen-bond acceptors (Lipinski definition) is 4. The Morgan fingerprint density at radius 2 is 1.12 bits per heavy atom. The SMILES string of the molecule is O=C(O)c1cc(C(=O)O)c(C(=O)O)cc1O.[Mg]. The van der Waals surface area contributed by atoms with Crippen LogP contribution in [0.5, 0.6) is 5.75 Å². The lowest BCUT2D eigenvalue weighted by Gasteiger charge is -2.05. The number of carbonyl (C=O) groups is 3. The van der Waals surface area contributed by atoms with Gasteiger partial charge < -0.3 is 20.4 Å². The van der Waals surface area contributed by atoms with Gasteiger partial charge in [-0.25, -0.2) is 14.4 Å². The molecule has 1 rings (SSSR count). The number of phenols is 1. The summed E-state index contributed by atoms with van der Waals surface area (Å²) in [6.45, 7) is 0. The lowest BCUT2D eigenvalue weighted by atomic mass is 10.0. The van der Waals surface area contributed by atoms with Crippen LogP contribution in [0.25, 0.3) is 0 Å². The fourth-order valence-corrected chi connectivity index (χ4v) is 1.11. The highest BCUT2D eigenvalue weighted by atomic mass is 24.3. The van der Waals surface area contributed by atoms with Gasteiger partial charge in [0.1, 0.15) is 11.3 Å². The van der Waals surface area contributed by atoms with Gasteiger partial charge in [0.25, 0.3) is 0 Å². The summed E-state index contributed by atoms with van der Waals surface area (Å²) in [6, 6.07) is 1.19. The van der Waals surface area contributed by atoms with Crippen LogP contribution in [0, 0.1) is 0 Å². The molecule has 0 saturated heterocycles. The average molecular weight is 250 g/mol. The Morgan fingerprint density at radius 1 is 0.765 bits per heavy atom. The molecule has 0 heterocycles. The molecule has 0 spiro atoms. The van der Waals surface area contributed by atoms with Gasteiger partial charge in [0.05, 0.1) is 11.1 Å². The number of aromatic carboxylic acids is 3. The highest BCUT2D eigenvalue weighted by Crippen LogP contribution is 2.23. The maximum atomic E-state index is 10.7. The van der Waals surface area contributed by atoms with Crippen molar-refractivity contribution in [2.75, 3.05) is 0 Å². The Labute approximate surface area is 110 Å². The highest BCUT2D eigenvalue weighted by Gasteiger charge is 2.21. The molecule has 0 amide bonds. The molecule has 0 bridgehead atoms. The number of benzene rings is 1. The fourth-order valence-electron chi connectivity index (χ4n) is 1.11. The Balaban J connectivity index is 0.00000256. The van der Waals surface area contributed by atoms with E-state index in [1.165, 1.54) is 0 Å². The Kier molecular flexibility index (Phi) is 4.92. The van der Waals surface area contributed by atoms with Crippen LogP contribution in [0.1, 0.15) is 31.1 Å². The lowest BCUT2D eigenvalue weighted by molar-refractivity contribution is 0.0648. The van der Waals surface area contributed by atoms with Crippen molar-refractivity contribution in [1.29, 1.82) is 0 Å². The molecular formula is C9H6MgO7. The van der Waals surface area contributed by atoms with Crippen LogP contribution in [-0.4, -0.2) is 61.4 Å². The van der Waals surface area contributed by atoms with Crippen LogP contribution in [0.2, 0.25) is 0 Å². The zero-order valence-electron chi connectivity index (χ0n) is 8.38. The van der Waals surface area contributed by atoms with Crippen LogP contribution in [0.4, 0.5) is 0 Å². The quantitative estimate of drug-likeness (QED) is 0.559. The molecule has 0 aliphatic rings. The van der Waals surface area contributed by atoms with Gasteiger partial charge in [-0.3, -0.25) is 0 Å². The Morgan fingerprint density at radius 3 is 1.47 bits per heavy atom. The topological polar surface area (TPSA) is 132 Å². The maximum Gasteiger partial charge on any atom is 0.339 e. The van der Waals surface area contributed by atoms with Crippen LogP contribution in [0.15, 0.2) is 12.1 Å². The first-order valence-electron chi connectivity index (χ1n) is 3.91. The van der Waals surface area contributed by atoms with Crippen molar-refractivity contribution in [2.24, 2.45) is 0 Å². The molecular weight excluding hydrogens is 244 g/mol. The normalized spacial score (nSPS) is 9.18. The number of aromatic hydroxyl groups is 1. The summed E-state index contributed by atoms with van der Waals surface area (Å²) in [4.78, 5) is 31.9. The molecule has 0 aromatic heterocycles. The Bertz CT molecular complexity index is 494. The molecule has 0 saturated carbocycles. The maximum absolute atomic E-state index is 10.7. The van der Waals surface area contributed by atoms with E-state index in [0.717, 1.165) is 0 Å². The number of carboxylic acids is 3. The molecule has 1 aromatic carbocycles. The zero-order valence-corrected chi connectivity index (χ0v) is 9.79. The predicted molar refractivity (Wildman–Crippen MR) is 54.7 cm³/mol. The summed E-state index contributed by atoms with van der Waals surface area (Å²) < 4.78 is 0. The van der Waals surface area contributed by atoms with Crippen molar-refractivity contribution in [3.8, 4) is 5.75 Å². The first kappa shape index (κ1) is 15.2. The second-order valence-corrected chi connectivity index (χ2v) is 2.83. The summed E-state index contributed by atoms with van der Waals surface area (Å²) in [5, 5.41) is 35.1. The third-order valence-corrected chi connectivity index (χ3v) is 1.83. The monoisotopic (exact) mass is 250 g/mol. The standard InChI is InChI=1S/C9H6O7.Mg/c10-6-2-4(8(13)14)3(7(11)12)1-5(6)9(15)16;/h1-2,10H,(H,11,12)(H,13,14)(H,15,16);. The third kappa shape index (κ3) is 3.08. The smallest absolute Gasteiger partial charge is 0.339 e. The Hall–Kier alpha value is -1.80.